The third-order valence-electron chi connectivity index (χ3n) is 3.94. The van der Waals surface area contributed by atoms with E-state index >= 15 is 0 Å². The molecule has 3 aromatic rings. The standard InChI is InChI=1S/C23H17ClN2O2/c24-22-9-5-4-6-18(22)16-28-21-12-10-17(11-13-21)14-19(15-25)23(27)26-20-7-2-1-3-8-20/h1-14H,16H2,(H,26,27). The lowest BCUT2D eigenvalue weighted by Crippen LogP contribution is -2.13. The molecule has 0 spiro atoms. The van der Waals surface area contributed by atoms with Gasteiger partial charge in [-0.25, -0.2) is 0 Å². The Hall–Kier alpha value is -3.55. The van der Waals surface area contributed by atoms with Crippen molar-refractivity contribution in [1.82, 2.24) is 0 Å². The first-order chi connectivity index (χ1) is 13.7. The molecule has 0 saturated heterocycles. The van der Waals surface area contributed by atoms with E-state index in [4.69, 9.17) is 16.3 Å². The van der Waals surface area contributed by atoms with Crippen LogP contribution in [0.4, 0.5) is 5.69 Å². The quantitative estimate of drug-likeness (QED) is 0.450. The monoisotopic (exact) mass is 388 g/mol. The largest absolute Gasteiger partial charge is 0.489 e. The zero-order valence-corrected chi connectivity index (χ0v) is 15.7. The Morgan fingerprint density at radius 1 is 1.00 bits per heavy atom. The van der Waals surface area contributed by atoms with Crippen molar-refractivity contribution in [2.75, 3.05) is 5.32 Å². The fraction of sp³-hybridized carbons (Fsp3) is 0.0435. The van der Waals surface area contributed by atoms with E-state index in [1.165, 1.54) is 6.08 Å². The van der Waals surface area contributed by atoms with Gasteiger partial charge in [0.15, 0.2) is 0 Å². The summed E-state index contributed by atoms with van der Waals surface area (Å²) in [4.78, 5) is 12.3. The lowest BCUT2D eigenvalue weighted by molar-refractivity contribution is -0.112. The van der Waals surface area contributed by atoms with Crippen LogP contribution in [-0.2, 0) is 11.4 Å². The van der Waals surface area contributed by atoms with Gasteiger partial charge in [0.25, 0.3) is 5.91 Å². The molecule has 3 aromatic carbocycles. The number of benzene rings is 3. The van der Waals surface area contributed by atoms with E-state index < -0.39 is 5.91 Å². The van der Waals surface area contributed by atoms with Gasteiger partial charge in [-0.2, -0.15) is 5.26 Å². The average Bonchev–Trinajstić information content (AvgIpc) is 2.73. The van der Waals surface area contributed by atoms with Gasteiger partial charge in [0.1, 0.15) is 24.0 Å². The van der Waals surface area contributed by atoms with E-state index in [1.54, 1.807) is 36.4 Å². The van der Waals surface area contributed by atoms with Gasteiger partial charge in [-0.3, -0.25) is 4.79 Å². The van der Waals surface area contributed by atoms with Gasteiger partial charge < -0.3 is 10.1 Å². The number of carbonyl (C=O) groups excluding carboxylic acids is 1. The van der Waals surface area contributed by atoms with Gasteiger partial charge in [-0.05, 0) is 42.0 Å². The maximum atomic E-state index is 12.3. The predicted molar refractivity (Wildman–Crippen MR) is 111 cm³/mol. The van der Waals surface area contributed by atoms with E-state index in [-0.39, 0.29) is 5.57 Å². The molecule has 1 amide bonds. The summed E-state index contributed by atoms with van der Waals surface area (Å²) in [6.07, 6.45) is 1.54. The molecule has 5 heteroatoms. The zero-order chi connectivity index (χ0) is 19.8. The Labute approximate surface area is 168 Å². The molecule has 0 heterocycles. The first-order valence-corrected chi connectivity index (χ1v) is 8.98. The molecule has 3 rings (SSSR count). The highest BCUT2D eigenvalue weighted by Gasteiger charge is 2.09. The predicted octanol–water partition coefficient (Wildman–Crippen LogP) is 5.46. The van der Waals surface area contributed by atoms with E-state index in [1.807, 2.05) is 48.5 Å². The van der Waals surface area contributed by atoms with Crippen LogP contribution in [0.2, 0.25) is 5.02 Å². The maximum Gasteiger partial charge on any atom is 0.266 e. The van der Waals surface area contributed by atoms with Crippen LogP contribution < -0.4 is 10.1 Å². The number of hydrogen-bond acceptors (Lipinski definition) is 3. The minimum absolute atomic E-state index is 0.0218. The van der Waals surface area contributed by atoms with Crippen LogP contribution in [0.15, 0.2) is 84.4 Å². The topological polar surface area (TPSA) is 62.1 Å². The molecular formula is C23H17ClN2O2. The fourth-order valence-electron chi connectivity index (χ4n) is 2.47. The molecule has 138 valence electrons. The third kappa shape index (κ3) is 5.23. The first kappa shape index (κ1) is 19.2. The highest BCUT2D eigenvalue weighted by atomic mass is 35.5. The van der Waals surface area contributed by atoms with Crippen LogP contribution in [0.3, 0.4) is 0 Å². The van der Waals surface area contributed by atoms with Gasteiger partial charge in [0.2, 0.25) is 0 Å². The minimum atomic E-state index is -0.451. The molecule has 0 bridgehead atoms. The number of halogens is 1. The third-order valence-corrected chi connectivity index (χ3v) is 4.31. The summed E-state index contributed by atoms with van der Waals surface area (Å²) in [5, 5.41) is 12.7. The van der Waals surface area contributed by atoms with Gasteiger partial charge in [0.05, 0.1) is 0 Å². The van der Waals surface area contributed by atoms with Crippen molar-refractivity contribution < 1.29 is 9.53 Å². The Morgan fingerprint density at radius 3 is 2.36 bits per heavy atom. The molecule has 1 N–H and O–H groups in total. The lowest BCUT2D eigenvalue weighted by atomic mass is 10.1. The van der Waals surface area contributed by atoms with Crippen LogP contribution in [-0.4, -0.2) is 5.91 Å². The number of para-hydroxylation sites is 1. The van der Waals surface area contributed by atoms with E-state index in [0.717, 1.165) is 11.1 Å². The van der Waals surface area contributed by atoms with E-state index in [0.29, 0.717) is 23.1 Å². The SMILES string of the molecule is N#CC(=Cc1ccc(OCc2ccccc2Cl)cc1)C(=O)Nc1ccccc1. The second-order valence-electron chi connectivity index (χ2n) is 5.94. The van der Waals surface area contributed by atoms with Crippen molar-refractivity contribution in [3.8, 4) is 11.8 Å². The Kier molecular flexibility index (Phi) is 6.46. The van der Waals surface area contributed by atoms with Gasteiger partial charge in [-0.15, -0.1) is 0 Å². The van der Waals surface area contributed by atoms with Crippen LogP contribution >= 0.6 is 11.6 Å². The number of nitrogens with zero attached hydrogens (tertiary/aromatic N) is 1. The van der Waals surface area contributed by atoms with Crippen LogP contribution in [0.1, 0.15) is 11.1 Å². The van der Waals surface area contributed by atoms with Crippen LogP contribution in [0, 0.1) is 11.3 Å². The molecule has 0 saturated carbocycles. The minimum Gasteiger partial charge on any atom is -0.489 e. The summed E-state index contributed by atoms with van der Waals surface area (Å²) in [5.41, 5.74) is 2.29. The average molecular weight is 389 g/mol. The van der Waals surface area contributed by atoms with Crippen molar-refractivity contribution in [2.24, 2.45) is 0 Å². The number of carbonyl (C=O) groups is 1. The normalized spacial score (nSPS) is 10.8. The van der Waals surface area contributed by atoms with E-state index in [9.17, 15) is 10.1 Å². The van der Waals surface area contributed by atoms with Crippen molar-refractivity contribution >= 4 is 29.3 Å². The maximum absolute atomic E-state index is 12.3. The summed E-state index contributed by atoms with van der Waals surface area (Å²) in [5.74, 6) is 0.220. The highest BCUT2D eigenvalue weighted by molar-refractivity contribution is 6.31. The number of rotatable bonds is 6. The zero-order valence-electron chi connectivity index (χ0n) is 14.9. The molecule has 0 aromatic heterocycles. The molecule has 0 aliphatic carbocycles. The first-order valence-electron chi connectivity index (χ1n) is 8.60. The lowest BCUT2D eigenvalue weighted by Gasteiger charge is -2.08. The van der Waals surface area contributed by atoms with Crippen LogP contribution in [0.5, 0.6) is 5.75 Å². The Bertz CT molecular complexity index is 1020. The van der Waals surface area contributed by atoms with Gasteiger partial charge in [-0.1, -0.05) is 60.1 Å². The number of amides is 1. The van der Waals surface area contributed by atoms with Gasteiger partial charge in [0, 0.05) is 16.3 Å². The Morgan fingerprint density at radius 2 is 1.68 bits per heavy atom. The molecular weight excluding hydrogens is 372 g/mol. The number of ether oxygens (including phenoxy) is 1. The molecule has 0 radical (unpaired) electrons. The summed E-state index contributed by atoms with van der Waals surface area (Å²) in [6, 6.07) is 25.6. The fourth-order valence-corrected chi connectivity index (χ4v) is 2.66. The molecule has 0 aliphatic rings. The molecule has 0 unspecified atom stereocenters. The highest BCUT2D eigenvalue weighted by Crippen LogP contribution is 2.20. The molecule has 4 nitrogen and oxygen atoms in total. The second-order valence-corrected chi connectivity index (χ2v) is 6.35. The van der Waals surface area contributed by atoms with Crippen LogP contribution in [0.25, 0.3) is 6.08 Å². The summed E-state index contributed by atoms with van der Waals surface area (Å²) in [6.45, 7) is 0.359. The molecule has 0 atom stereocenters. The smallest absolute Gasteiger partial charge is 0.266 e. The van der Waals surface area contributed by atoms with E-state index in [2.05, 4.69) is 5.32 Å². The molecule has 28 heavy (non-hydrogen) atoms. The summed E-state index contributed by atoms with van der Waals surface area (Å²) >= 11 is 6.12. The number of anilines is 1. The molecule has 0 fully saturated rings. The number of hydrogen-bond donors (Lipinski definition) is 1. The second kappa shape index (κ2) is 9.40. The van der Waals surface area contributed by atoms with Crippen molar-refractivity contribution in [1.29, 1.82) is 5.26 Å². The van der Waals surface area contributed by atoms with Crippen molar-refractivity contribution in [3.63, 3.8) is 0 Å². The molecule has 0 aliphatic heterocycles. The van der Waals surface area contributed by atoms with Gasteiger partial charge >= 0.3 is 0 Å². The Balaban J connectivity index is 1.65. The number of nitrogens with one attached hydrogen (secondary N) is 1. The van der Waals surface area contributed by atoms with Crippen molar-refractivity contribution in [2.45, 2.75) is 6.61 Å². The summed E-state index contributed by atoms with van der Waals surface area (Å²) < 4.78 is 5.74. The number of nitriles is 1. The summed E-state index contributed by atoms with van der Waals surface area (Å²) in [7, 11) is 0. The van der Waals surface area contributed by atoms with Crippen molar-refractivity contribution in [3.05, 3.63) is 101 Å².